The summed E-state index contributed by atoms with van der Waals surface area (Å²) in [6, 6.07) is 5.05. The van der Waals surface area contributed by atoms with E-state index >= 15 is 0 Å². The number of thiophene rings is 1. The van der Waals surface area contributed by atoms with Gasteiger partial charge >= 0.3 is 0 Å². The Bertz CT molecular complexity index is 596. The summed E-state index contributed by atoms with van der Waals surface area (Å²) in [5.74, 6) is 0.740. The number of nitrogens with one attached hydrogen (secondary N) is 1. The second-order valence-corrected chi connectivity index (χ2v) is 8.91. The third-order valence-electron chi connectivity index (χ3n) is 3.60. The summed E-state index contributed by atoms with van der Waals surface area (Å²) < 4.78 is 1.18. The minimum Gasteiger partial charge on any atom is -0.309 e. The maximum absolute atomic E-state index is 4.92. The minimum atomic E-state index is 0.740. The third-order valence-corrected chi connectivity index (χ3v) is 6.47. The van der Waals surface area contributed by atoms with Crippen LogP contribution in [0.2, 0.25) is 0 Å². The van der Waals surface area contributed by atoms with E-state index in [1.807, 2.05) is 11.3 Å². The molecule has 0 radical (unpaired) electrons. The van der Waals surface area contributed by atoms with E-state index in [1.165, 1.54) is 49.9 Å². The van der Waals surface area contributed by atoms with Crippen LogP contribution >= 0.6 is 38.6 Å². The summed E-state index contributed by atoms with van der Waals surface area (Å²) in [7, 11) is 0. The first-order valence-corrected chi connectivity index (χ1v) is 9.21. The van der Waals surface area contributed by atoms with Crippen molar-refractivity contribution in [3.8, 4) is 9.88 Å². The van der Waals surface area contributed by atoms with Crippen LogP contribution in [0.3, 0.4) is 0 Å². The third kappa shape index (κ3) is 2.79. The van der Waals surface area contributed by atoms with E-state index in [0.717, 1.165) is 18.5 Å². The molecule has 2 aromatic rings. The summed E-state index contributed by atoms with van der Waals surface area (Å²) in [6.07, 6.45) is 5.35. The van der Waals surface area contributed by atoms with Gasteiger partial charge in [-0.2, -0.15) is 0 Å². The van der Waals surface area contributed by atoms with Crippen LogP contribution in [-0.4, -0.2) is 11.0 Å². The first-order chi connectivity index (χ1) is 9.29. The second-order valence-electron chi connectivity index (χ2n) is 5.36. The maximum atomic E-state index is 4.92. The molecule has 0 aromatic carbocycles. The van der Waals surface area contributed by atoms with E-state index in [1.54, 1.807) is 11.3 Å². The van der Waals surface area contributed by atoms with Crippen LogP contribution in [0.4, 0.5) is 0 Å². The largest absolute Gasteiger partial charge is 0.309 e. The lowest BCUT2D eigenvalue weighted by atomic mass is 10.2. The van der Waals surface area contributed by atoms with Gasteiger partial charge in [0, 0.05) is 23.4 Å². The summed E-state index contributed by atoms with van der Waals surface area (Å²) in [4.78, 5) is 7.68. The Morgan fingerprint density at radius 3 is 2.68 bits per heavy atom. The Hall–Kier alpha value is -0.230. The van der Waals surface area contributed by atoms with Gasteiger partial charge in [0.15, 0.2) is 0 Å². The Balaban J connectivity index is 1.62. The lowest BCUT2D eigenvalue weighted by Gasteiger charge is -2.01. The average molecular weight is 355 g/mol. The van der Waals surface area contributed by atoms with Crippen LogP contribution < -0.4 is 5.32 Å². The van der Waals surface area contributed by atoms with Crippen LogP contribution in [0.25, 0.3) is 9.88 Å². The molecule has 2 nitrogen and oxygen atoms in total. The van der Waals surface area contributed by atoms with Crippen molar-refractivity contribution in [3.63, 3.8) is 0 Å². The van der Waals surface area contributed by atoms with Gasteiger partial charge in [-0.15, -0.1) is 22.7 Å². The average Bonchev–Trinajstić information content (AvgIpc) is 3.32. The number of thiazole rings is 1. The van der Waals surface area contributed by atoms with Crippen LogP contribution in [0, 0.1) is 0 Å². The molecule has 5 heteroatoms. The van der Waals surface area contributed by atoms with Crippen molar-refractivity contribution >= 4 is 38.6 Å². The molecule has 4 rings (SSSR count). The van der Waals surface area contributed by atoms with Crippen molar-refractivity contribution in [3.05, 3.63) is 26.5 Å². The van der Waals surface area contributed by atoms with E-state index in [2.05, 4.69) is 33.4 Å². The number of halogens is 1. The van der Waals surface area contributed by atoms with Gasteiger partial charge in [0.2, 0.25) is 0 Å². The van der Waals surface area contributed by atoms with Crippen molar-refractivity contribution in [2.24, 2.45) is 0 Å². The van der Waals surface area contributed by atoms with Crippen LogP contribution in [0.5, 0.6) is 0 Å². The van der Waals surface area contributed by atoms with Crippen molar-refractivity contribution in [2.45, 2.75) is 44.2 Å². The number of hydrogen-bond acceptors (Lipinski definition) is 4. The highest BCUT2D eigenvalue weighted by atomic mass is 79.9. The van der Waals surface area contributed by atoms with Crippen LogP contribution in [0.1, 0.15) is 42.2 Å². The summed E-state index contributed by atoms with van der Waals surface area (Å²) in [5.41, 5.74) is 1.37. The van der Waals surface area contributed by atoms with Crippen molar-refractivity contribution in [1.29, 1.82) is 0 Å². The lowest BCUT2D eigenvalue weighted by molar-refractivity contribution is 0.688. The standard InChI is InChI=1S/C14H15BrN2S2/c15-12-6-5-10(18-12)14-17-13(8-1-2-8)11(19-14)7-16-9-3-4-9/h5-6,8-9,16H,1-4,7H2. The minimum absolute atomic E-state index is 0.740. The number of rotatable bonds is 5. The van der Waals surface area contributed by atoms with Crippen molar-refractivity contribution < 1.29 is 0 Å². The zero-order chi connectivity index (χ0) is 12.8. The van der Waals surface area contributed by atoms with Gasteiger partial charge in [0.05, 0.1) is 14.4 Å². The van der Waals surface area contributed by atoms with Gasteiger partial charge in [-0.25, -0.2) is 4.98 Å². The highest BCUT2D eigenvalue weighted by molar-refractivity contribution is 9.11. The molecule has 0 saturated heterocycles. The fourth-order valence-electron chi connectivity index (χ4n) is 2.23. The molecule has 0 atom stereocenters. The monoisotopic (exact) mass is 354 g/mol. The number of nitrogens with zero attached hydrogens (tertiary/aromatic N) is 1. The molecule has 0 unspecified atom stereocenters. The summed E-state index contributed by atoms with van der Waals surface area (Å²) >= 11 is 7.19. The van der Waals surface area contributed by atoms with Crippen LogP contribution in [0.15, 0.2) is 15.9 Å². The molecule has 0 aliphatic heterocycles. The molecule has 2 fully saturated rings. The van der Waals surface area contributed by atoms with E-state index in [0.29, 0.717) is 0 Å². The fourth-order valence-corrected chi connectivity index (χ4v) is 4.76. The van der Waals surface area contributed by atoms with E-state index in [9.17, 15) is 0 Å². The Morgan fingerprint density at radius 2 is 2.05 bits per heavy atom. The molecule has 2 aliphatic carbocycles. The molecule has 2 heterocycles. The molecule has 2 saturated carbocycles. The fraction of sp³-hybridized carbons (Fsp3) is 0.500. The number of hydrogen-bond donors (Lipinski definition) is 1. The topological polar surface area (TPSA) is 24.9 Å². The Morgan fingerprint density at radius 1 is 1.21 bits per heavy atom. The van der Waals surface area contributed by atoms with Gasteiger partial charge in [-0.3, -0.25) is 0 Å². The predicted octanol–water partition coefficient (Wildman–Crippen LogP) is 4.76. The van der Waals surface area contributed by atoms with Gasteiger partial charge < -0.3 is 5.32 Å². The molecular weight excluding hydrogens is 340 g/mol. The van der Waals surface area contributed by atoms with Crippen molar-refractivity contribution in [1.82, 2.24) is 10.3 Å². The summed E-state index contributed by atoms with van der Waals surface area (Å²) in [6.45, 7) is 1.01. The highest BCUT2D eigenvalue weighted by Crippen LogP contribution is 2.45. The van der Waals surface area contributed by atoms with E-state index < -0.39 is 0 Å². The zero-order valence-corrected chi connectivity index (χ0v) is 13.7. The maximum Gasteiger partial charge on any atom is 0.133 e. The Kier molecular flexibility index (Phi) is 3.26. The Labute approximate surface area is 129 Å². The van der Waals surface area contributed by atoms with Crippen LogP contribution in [-0.2, 0) is 6.54 Å². The zero-order valence-electron chi connectivity index (χ0n) is 10.5. The predicted molar refractivity (Wildman–Crippen MR) is 85.0 cm³/mol. The first-order valence-electron chi connectivity index (χ1n) is 6.78. The molecule has 2 aliphatic rings. The van der Waals surface area contributed by atoms with Gasteiger partial charge in [0.25, 0.3) is 0 Å². The molecule has 2 aromatic heterocycles. The summed E-state index contributed by atoms with van der Waals surface area (Å²) in [5, 5.41) is 4.83. The highest BCUT2D eigenvalue weighted by Gasteiger charge is 2.30. The molecule has 100 valence electrons. The molecule has 1 N–H and O–H groups in total. The van der Waals surface area contributed by atoms with Crippen molar-refractivity contribution in [2.75, 3.05) is 0 Å². The van der Waals surface area contributed by atoms with Gasteiger partial charge in [0.1, 0.15) is 5.01 Å². The smallest absolute Gasteiger partial charge is 0.133 e. The van der Waals surface area contributed by atoms with Gasteiger partial charge in [-0.1, -0.05) is 0 Å². The normalized spacial score (nSPS) is 19.0. The molecule has 19 heavy (non-hydrogen) atoms. The lowest BCUT2D eigenvalue weighted by Crippen LogP contribution is -2.15. The molecule has 0 amide bonds. The molecule has 0 spiro atoms. The van der Waals surface area contributed by atoms with E-state index in [-0.39, 0.29) is 0 Å². The van der Waals surface area contributed by atoms with Gasteiger partial charge in [-0.05, 0) is 53.7 Å². The van der Waals surface area contributed by atoms with E-state index in [4.69, 9.17) is 4.98 Å². The molecular formula is C14H15BrN2S2. The SMILES string of the molecule is Brc1ccc(-c2nc(C3CC3)c(CNC3CC3)s2)s1. The second kappa shape index (κ2) is 4.95. The first kappa shape index (κ1) is 12.5. The molecule has 0 bridgehead atoms. The number of aromatic nitrogens is 1. The quantitative estimate of drug-likeness (QED) is 0.836.